The first-order valence-electron chi connectivity index (χ1n) is 11.5. The monoisotopic (exact) mass is 476 g/mol. The highest BCUT2D eigenvalue weighted by Crippen LogP contribution is 2.43. The summed E-state index contributed by atoms with van der Waals surface area (Å²) in [7, 11) is 1.66. The number of hydrogen-bond donors (Lipinski definition) is 1. The van der Waals surface area contributed by atoms with Gasteiger partial charge in [0.05, 0.1) is 29.0 Å². The zero-order chi connectivity index (χ0) is 24.3. The first kappa shape index (κ1) is 21.8. The molecule has 1 atom stereocenters. The van der Waals surface area contributed by atoms with Gasteiger partial charge in [-0.1, -0.05) is 19.1 Å². The molecular weight excluding hydrogens is 452 g/mol. The van der Waals surface area contributed by atoms with Crippen molar-refractivity contribution in [3.05, 3.63) is 56.9 Å². The van der Waals surface area contributed by atoms with Crippen LogP contribution in [0.2, 0.25) is 0 Å². The molecule has 3 aromatic rings. The van der Waals surface area contributed by atoms with Crippen molar-refractivity contribution in [2.24, 2.45) is 0 Å². The molecule has 9 heteroatoms. The molecule has 6 rings (SSSR count). The summed E-state index contributed by atoms with van der Waals surface area (Å²) in [6, 6.07) is 5.47. The number of carbonyl (C=O) groups excluding carboxylic acids is 1. The van der Waals surface area contributed by atoms with E-state index in [0.717, 1.165) is 22.9 Å². The maximum atomic E-state index is 13.5. The Hall–Kier alpha value is -3.69. The highest BCUT2D eigenvalue weighted by molar-refractivity contribution is 5.95. The molecule has 0 radical (unpaired) electrons. The molecule has 9 nitrogen and oxygen atoms in total. The lowest BCUT2D eigenvalue weighted by Crippen LogP contribution is -2.44. The molecule has 1 aromatic carbocycles. The molecule has 0 saturated heterocycles. The molecule has 1 N–H and O–H groups in total. The number of cyclic esters (lactones) is 1. The Balaban J connectivity index is 1.60. The van der Waals surface area contributed by atoms with Crippen molar-refractivity contribution >= 4 is 22.9 Å². The predicted molar refractivity (Wildman–Crippen MR) is 126 cm³/mol. The third-order valence-corrected chi connectivity index (χ3v) is 7.00. The fraction of sp³-hybridized carbons (Fsp3) is 0.346. The van der Waals surface area contributed by atoms with E-state index in [1.165, 1.54) is 0 Å². The maximum Gasteiger partial charge on any atom is 0.343 e. The minimum atomic E-state index is -1.86. The van der Waals surface area contributed by atoms with Crippen LogP contribution in [0.15, 0.2) is 29.1 Å². The Bertz CT molecular complexity index is 1490. The zero-order valence-electron chi connectivity index (χ0n) is 19.4. The number of rotatable bonds is 5. The van der Waals surface area contributed by atoms with Crippen LogP contribution in [-0.4, -0.2) is 41.1 Å². The van der Waals surface area contributed by atoms with Crippen LogP contribution in [0.5, 0.6) is 11.5 Å². The topological polar surface area (TPSA) is 109 Å². The van der Waals surface area contributed by atoms with Gasteiger partial charge < -0.3 is 28.6 Å². The zero-order valence-corrected chi connectivity index (χ0v) is 19.4. The van der Waals surface area contributed by atoms with E-state index in [0.29, 0.717) is 52.7 Å². The number of ether oxygens (including phenoxy) is 4. The SMILES string of the molecule is CC[C@@]1(O)C(=O)OCc2c1cc1n(c2=O)Cc2c-1nc1cc3c(cc1c2/C=C/CCOC)OCO3. The molecule has 0 aliphatic carbocycles. The van der Waals surface area contributed by atoms with Crippen molar-refractivity contribution in [3.63, 3.8) is 0 Å². The van der Waals surface area contributed by atoms with Crippen LogP contribution in [0, 0.1) is 0 Å². The number of hydrogen-bond acceptors (Lipinski definition) is 8. The van der Waals surface area contributed by atoms with Crippen molar-refractivity contribution in [1.82, 2.24) is 9.55 Å². The molecule has 35 heavy (non-hydrogen) atoms. The average Bonchev–Trinajstić information content (AvgIpc) is 3.47. The van der Waals surface area contributed by atoms with E-state index >= 15 is 0 Å². The van der Waals surface area contributed by atoms with Gasteiger partial charge in [-0.25, -0.2) is 9.78 Å². The van der Waals surface area contributed by atoms with Crippen molar-refractivity contribution in [1.29, 1.82) is 0 Å². The number of nitrogens with zero attached hydrogens (tertiary/aromatic N) is 2. The van der Waals surface area contributed by atoms with E-state index in [1.54, 1.807) is 24.7 Å². The summed E-state index contributed by atoms with van der Waals surface area (Å²) >= 11 is 0. The van der Waals surface area contributed by atoms with E-state index in [2.05, 4.69) is 0 Å². The lowest BCUT2D eigenvalue weighted by atomic mass is 9.86. The Kier molecular flexibility index (Phi) is 4.94. The van der Waals surface area contributed by atoms with Gasteiger partial charge in [-0.3, -0.25) is 4.79 Å². The van der Waals surface area contributed by atoms with Gasteiger partial charge in [0.1, 0.15) is 6.61 Å². The fourth-order valence-electron chi connectivity index (χ4n) is 5.08. The fourth-order valence-corrected chi connectivity index (χ4v) is 5.08. The van der Waals surface area contributed by atoms with Gasteiger partial charge >= 0.3 is 5.97 Å². The van der Waals surface area contributed by atoms with Crippen LogP contribution in [0.25, 0.3) is 28.4 Å². The quantitative estimate of drug-likeness (QED) is 0.346. The van der Waals surface area contributed by atoms with Crippen LogP contribution in [0.4, 0.5) is 0 Å². The summed E-state index contributed by atoms with van der Waals surface area (Å²) < 4.78 is 23.1. The van der Waals surface area contributed by atoms with E-state index < -0.39 is 11.6 Å². The van der Waals surface area contributed by atoms with Gasteiger partial charge in [0.15, 0.2) is 17.1 Å². The summed E-state index contributed by atoms with van der Waals surface area (Å²) in [6.07, 6.45) is 4.87. The highest BCUT2D eigenvalue weighted by Gasteiger charge is 2.45. The third kappa shape index (κ3) is 3.11. The molecular formula is C26H24N2O7. The summed E-state index contributed by atoms with van der Waals surface area (Å²) in [4.78, 5) is 30.9. The number of aromatic nitrogens is 2. The summed E-state index contributed by atoms with van der Waals surface area (Å²) in [6.45, 7) is 2.58. The number of esters is 1. The molecule has 3 aliphatic rings. The van der Waals surface area contributed by atoms with E-state index in [1.807, 2.05) is 24.3 Å². The van der Waals surface area contributed by atoms with Crippen LogP contribution >= 0.6 is 0 Å². The van der Waals surface area contributed by atoms with Gasteiger partial charge in [-0.15, -0.1) is 0 Å². The predicted octanol–water partition coefficient (Wildman–Crippen LogP) is 2.86. The Labute approximate surface area is 200 Å². The molecule has 0 unspecified atom stereocenters. The maximum absolute atomic E-state index is 13.5. The molecule has 180 valence electrons. The third-order valence-electron chi connectivity index (χ3n) is 7.00. The number of pyridine rings is 2. The van der Waals surface area contributed by atoms with E-state index in [-0.39, 0.29) is 25.4 Å². The van der Waals surface area contributed by atoms with Crippen molar-refractivity contribution in [2.45, 2.75) is 38.5 Å². The smallest absolute Gasteiger partial charge is 0.343 e. The average molecular weight is 476 g/mol. The van der Waals surface area contributed by atoms with Crippen LogP contribution < -0.4 is 15.0 Å². The van der Waals surface area contributed by atoms with Crippen molar-refractivity contribution < 1.29 is 28.8 Å². The van der Waals surface area contributed by atoms with Crippen LogP contribution in [0.1, 0.15) is 42.0 Å². The van der Waals surface area contributed by atoms with Gasteiger partial charge in [-0.2, -0.15) is 0 Å². The molecule has 5 heterocycles. The van der Waals surface area contributed by atoms with Gasteiger partial charge in [0, 0.05) is 36.3 Å². The van der Waals surface area contributed by atoms with E-state index in [4.69, 9.17) is 23.9 Å². The van der Waals surface area contributed by atoms with Crippen molar-refractivity contribution in [2.75, 3.05) is 20.5 Å². The second-order valence-corrected chi connectivity index (χ2v) is 8.86. The van der Waals surface area contributed by atoms with Gasteiger partial charge in [-0.05, 0) is 30.5 Å². The summed E-state index contributed by atoms with van der Waals surface area (Å²) in [5.74, 6) is 0.525. The van der Waals surface area contributed by atoms with E-state index in [9.17, 15) is 14.7 Å². The molecule has 3 aliphatic heterocycles. The number of aliphatic hydroxyl groups is 1. The minimum Gasteiger partial charge on any atom is -0.458 e. The first-order chi connectivity index (χ1) is 17.0. The number of benzene rings is 1. The standard InChI is InChI=1S/C26H24N2O7/c1-3-26(31)18-9-20-23-16(11-28(20)24(29)17(18)12-33-25(26)30)14(6-4-5-7-32-2)15-8-21-22(35-13-34-21)10-19(15)27-23/h4,6,8-10,31H,3,5,7,11-13H2,1-2H3/b6-4+/t26-/m0/s1. The number of carbonyl (C=O) groups is 1. The Morgan fingerprint density at radius 3 is 2.74 bits per heavy atom. The molecule has 0 amide bonds. The molecule has 0 saturated carbocycles. The number of fused-ring (bicyclic) bond motifs is 6. The Morgan fingerprint density at radius 1 is 1.17 bits per heavy atom. The Morgan fingerprint density at radius 2 is 1.97 bits per heavy atom. The number of methoxy groups -OCH3 is 1. The largest absolute Gasteiger partial charge is 0.458 e. The van der Waals surface area contributed by atoms with Gasteiger partial charge in [0.2, 0.25) is 6.79 Å². The molecule has 2 aromatic heterocycles. The summed E-state index contributed by atoms with van der Waals surface area (Å²) in [5.41, 5.74) is 2.16. The van der Waals surface area contributed by atoms with Crippen molar-refractivity contribution in [3.8, 4) is 22.9 Å². The molecule has 0 fully saturated rings. The normalized spacial score (nSPS) is 19.7. The second-order valence-electron chi connectivity index (χ2n) is 8.86. The first-order valence-corrected chi connectivity index (χ1v) is 11.5. The van der Waals surface area contributed by atoms with Gasteiger partial charge in [0.25, 0.3) is 5.56 Å². The summed E-state index contributed by atoms with van der Waals surface area (Å²) in [5, 5.41) is 12.0. The highest BCUT2D eigenvalue weighted by atomic mass is 16.7. The van der Waals surface area contributed by atoms with Crippen LogP contribution in [-0.2, 0) is 33.0 Å². The second kappa shape index (κ2) is 7.93. The minimum absolute atomic E-state index is 0.0939. The molecule has 0 spiro atoms. The van der Waals surface area contributed by atoms with Crippen LogP contribution in [0.3, 0.4) is 0 Å². The lowest BCUT2D eigenvalue weighted by Gasteiger charge is -2.31. The molecule has 0 bridgehead atoms. The lowest BCUT2D eigenvalue weighted by molar-refractivity contribution is -0.172.